The molecular formula is C20H26N4O3. The minimum Gasteiger partial charge on any atom is -0.485 e. The summed E-state index contributed by atoms with van der Waals surface area (Å²) in [4.78, 5) is 25.3. The minimum absolute atomic E-state index is 0.0435. The van der Waals surface area contributed by atoms with E-state index in [2.05, 4.69) is 9.97 Å². The van der Waals surface area contributed by atoms with Crippen molar-refractivity contribution in [3.8, 4) is 5.75 Å². The number of nitrogens with zero attached hydrogens (tertiary/aromatic N) is 4. The zero-order chi connectivity index (χ0) is 18.8. The van der Waals surface area contributed by atoms with E-state index >= 15 is 0 Å². The van der Waals surface area contributed by atoms with Crippen molar-refractivity contribution >= 4 is 11.7 Å². The molecule has 2 fully saturated rings. The number of carbonyl (C=O) groups excluding carboxylic acids is 1. The SMILES string of the molecule is CN(C)c1ncccc1OC1CCN(C(=O)c2coc(C3CCCC3)n2)C1. The van der Waals surface area contributed by atoms with Gasteiger partial charge in [-0.2, -0.15) is 0 Å². The number of hydrogen-bond acceptors (Lipinski definition) is 6. The number of amides is 1. The van der Waals surface area contributed by atoms with Crippen molar-refractivity contribution in [1.82, 2.24) is 14.9 Å². The lowest BCUT2D eigenvalue weighted by Crippen LogP contribution is -2.31. The van der Waals surface area contributed by atoms with Gasteiger partial charge in [0.25, 0.3) is 5.91 Å². The maximum atomic E-state index is 12.8. The fraction of sp³-hybridized carbons (Fsp3) is 0.550. The Morgan fingerprint density at radius 2 is 2.11 bits per heavy atom. The lowest BCUT2D eigenvalue weighted by molar-refractivity contribution is 0.0766. The molecule has 1 amide bonds. The van der Waals surface area contributed by atoms with Crippen LogP contribution in [0, 0.1) is 0 Å². The monoisotopic (exact) mass is 370 g/mol. The number of rotatable bonds is 5. The molecule has 7 heteroatoms. The summed E-state index contributed by atoms with van der Waals surface area (Å²) in [6.07, 6.45) is 8.64. The van der Waals surface area contributed by atoms with E-state index in [1.165, 1.54) is 19.1 Å². The second-order valence-corrected chi connectivity index (χ2v) is 7.55. The van der Waals surface area contributed by atoms with Crippen LogP contribution in [0.5, 0.6) is 5.75 Å². The summed E-state index contributed by atoms with van der Waals surface area (Å²) in [5.41, 5.74) is 0.410. The minimum atomic E-state index is -0.0758. The van der Waals surface area contributed by atoms with Gasteiger partial charge in [0.05, 0.1) is 6.54 Å². The molecule has 0 spiro atoms. The molecule has 1 aliphatic carbocycles. The van der Waals surface area contributed by atoms with E-state index in [1.54, 1.807) is 11.1 Å². The van der Waals surface area contributed by atoms with Crippen LogP contribution in [-0.4, -0.2) is 54.1 Å². The fourth-order valence-electron chi connectivity index (χ4n) is 3.91. The maximum absolute atomic E-state index is 12.8. The molecule has 0 aromatic carbocycles. The third-order valence-electron chi connectivity index (χ3n) is 5.35. The Labute approximate surface area is 159 Å². The smallest absolute Gasteiger partial charge is 0.275 e. The van der Waals surface area contributed by atoms with Gasteiger partial charge in [0.1, 0.15) is 12.4 Å². The zero-order valence-corrected chi connectivity index (χ0v) is 15.9. The average molecular weight is 370 g/mol. The number of oxazole rings is 1. The topological polar surface area (TPSA) is 71.7 Å². The molecular weight excluding hydrogens is 344 g/mol. The second kappa shape index (κ2) is 7.58. The van der Waals surface area contributed by atoms with Crippen LogP contribution in [0.3, 0.4) is 0 Å². The number of likely N-dealkylation sites (tertiary alicyclic amines) is 1. The summed E-state index contributed by atoms with van der Waals surface area (Å²) in [5.74, 6) is 2.55. The number of aromatic nitrogens is 2. The van der Waals surface area contributed by atoms with Gasteiger partial charge in [-0.05, 0) is 25.0 Å². The maximum Gasteiger partial charge on any atom is 0.275 e. The average Bonchev–Trinajstić information content (AvgIpc) is 3.42. The van der Waals surface area contributed by atoms with E-state index in [1.807, 2.05) is 31.1 Å². The largest absolute Gasteiger partial charge is 0.485 e. The first-order valence-electron chi connectivity index (χ1n) is 9.65. The molecule has 144 valence electrons. The molecule has 2 aromatic rings. The van der Waals surface area contributed by atoms with Crippen molar-refractivity contribution < 1.29 is 13.9 Å². The molecule has 0 N–H and O–H groups in total. The van der Waals surface area contributed by atoms with Gasteiger partial charge in [-0.15, -0.1) is 0 Å². The van der Waals surface area contributed by atoms with Gasteiger partial charge in [-0.1, -0.05) is 12.8 Å². The highest BCUT2D eigenvalue weighted by molar-refractivity contribution is 5.92. The Bertz CT molecular complexity index is 798. The highest BCUT2D eigenvalue weighted by atomic mass is 16.5. The first-order valence-corrected chi connectivity index (χ1v) is 9.65. The van der Waals surface area contributed by atoms with Gasteiger partial charge in [-0.25, -0.2) is 9.97 Å². The van der Waals surface area contributed by atoms with Crippen molar-refractivity contribution in [2.75, 3.05) is 32.1 Å². The van der Waals surface area contributed by atoms with E-state index in [9.17, 15) is 4.79 Å². The Hall–Kier alpha value is -2.57. The Balaban J connectivity index is 1.39. The van der Waals surface area contributed by atoms with Crippen LogP contribution >= 0.6 is 0 Å². The van der Waals surface area contributed by atoms with Gasteiger partial charge < -0.3 is 19.0 Å². The van der Waals surface area contributed by atoms with Crippen LogP contribution in [0.1, 0.15) is 54.4 Å². The summed E-state index contributed by atoms with van der Waals surface area (Å²) >= 11 is 0. The van der Waals surface area contributed by atoms with Crippen LogP contribution in [0.4, 0.5) is 5.82 Å². The van der Waals surface area contributed by atoms with E-state index in [0.717, 1.165) is 30.8 Å². The summed E-state index contributed by atoms with van der Waals surface area (Å²) in [6.45, 7) is 1.21. The number of hydrogen-bond donors (Lipinski definition) is 0. The molecule has 7 nitrogen and oxygen atoms in total. The number of pyridine rings is 1. The number of anilines is 1. The molecule has 4 rings (SSSR count). The highest BCUT2D eigenvalue weighted by Gasteiger charge is 2.31. The molecule has 1 aliphatic heterocycles. The Morgan fingerprint density at radius 1 is 1.30 bits per heavy atom. The van der Waals surface area contributed by atoms with Gasteiger partial charge in [0, 0.05) is 39.2 Å². The molecule has 2 aliphatic rings. The van der Waals surface area contributed by atoms with Crippen LogP contribution in [0.2, 0.25) is 0 Å². The van der Waals surface area contributed by atoms with Crippen LogP contribution in [-0.2, 0) is 0 Å². The molecule has 27 heavy (non-hydrogen) atoms. The molecule has 1 unspecified atom stereocenters. The molecule has 2 aromatic heterocycles. The van der Waals surface area contributed by atoms with E-state index < -0.39 is 0 Å². The zero-order valence-electron chi connectivity index (χ0n) is 15.9. The van der Waals surface area contributed by atoms with Crippen molar-refractivity contribution in [3.05, 3.63) is 36.2 Å². The van der Waals surface area contributed by atoms with E-state index in [0.29, 0.717) is 30.6 Å². The molecule has 1 saturated carbocycles. The van der Waals surface area contributed by atoms with Crippen molar-refractivity contribution in [3.63, 3.8) is 0 Å². The summed E-state index contributed by atoms with van der Waals surface area (Å²) in [5, 5.41) is 0. The van der Waals surface area contributed by atoms with Crippen molar-refractivity contribution in [2.45, 2.75) is 44.1 Å². The van der Waals surface area contributed by atoms with Crippen LogP contribution < -0.4 is 9.64 Å². The Morgan fingerprint density at radius 3 is 2.89 bits per heavy atom. The number of ether oxygens (including phenoxy) is 1. The lowest BCUT2D eigenvalue weighted by atomic mass is 10.1. The summed E-state index contributed by atoms with van der Waals surface area (Å²) < 4.78 is 11.7. The highest BCUT2D eigenvalue weighted by Crippen LogP contribution is 2.33. The van der Waals surface area contributed by atoms with Crippen molar-refractivity contribution in [2.24, 2.45) is 0 Å². The molecule has 0 radical (unpaired) electrons. The van der Waals surface area contributed by atoms with Gasteiger partial charge >= 0.3 is 0 Å². The first-order chi connectivity index (χ1) is 13.1. The second-order valence-electron chi connectivity index (χ2n) is 7.55. The van der Waals surface area contributed by atoms with E-state index in [-0.39, 0.29) is 12.0 Å². The molecule has 1 atom stereocenters. The third-order valence-corrected chi connectivity index (χ3v) is 5.35. The lowest BCUT2D eigenvalue weighted by Gasteiger charge is -2.20. The predicted octanol–water partition coefficient (Wildman–Crippen LogP) is 3.09. The predicted molar refractivity (Wildman–Crippen MR) is 101 cm³/mol. The Kier molecular flexibility index (Phi) is 5.01. The van der Waals surface area contributed by atoms with E-state index in [4.69, 9.17) is 9.15 Å². The fourth-order valence-corrected chi connectivity index (χ4v) is 3.91. The molecule has 1 saturated heterocycles. The van der Waals surface area contributed by atoms with Crippen molar-refractivity contribution in [1.29, 1.82) is 0 Å². The number of carbonyl (C=O) groups is 1. The molecule has 0 bridgehead atoms. The van der Waals surface area contributed by atoms with Crippen LogP contribution in [0.25, 0.3) is 0 Å². The molecule has 3 heterocycles. The van der Waals surface area contributed by atoms with Gasteiger partial charge in [0.2, 0.25) is 0 Å². The standard InChI is InChI=1S/C20H26N4O3/c1-23(2)18-17(8-5-10-21-18)27-15-9-11-24(12-15)20(25)16-13-26-19(22-16)14-6-3-4-7-14/h5,8,10,13-15H,3-4,6-7,9,11-12H2,1-2H3. The summed E-state index contributed by atoms with van der Waals surface area (Å²) in [7, 11) is 3.87. The van der Waals surface area contributed by atoms with Gasteiger partial charge in [0.15, 0.2) is 23.2 Å². The quantitative estimate of drug-likeness (QED) is 0.805. The first kappa shape index (κ1) is 17.8. The normalized spacial score (nSPS) is 20.2. The summed E-state index contributed by atoms with van der Waals surface area (Å²) in [6, 6.07) is 3.78. The van der Waals surface area contributed by atoms with Gasteiger partial charge in [-0.3, -0.25) is 4.79 Å². The third kappa shape index (κ3) is 3.77. The van der Waals surface area contributed by atoms with Crippen LogP contribution in [0.15, 0.2) is 29.0 Å².